The molecular formula is C16H19N3O. The zero-order valence-electron chi connectivity index (χ0n) is 11.7. The third-order valence-electron chi connectivity index (χ3n) is 3.56. The number of aliphatic hydroxyl groups excluding tert-OH is 1. The van der Waals surface area contributed by atoms with Crippen molar-refractivity contribution in [1.29, 1.82) is 0 Å². The van der Waals surface area contributed by atoms with E-state index >= 15 is 0 Å². The average molecular weight is 269 g/mol. The van der Waals surface area contributed by atoms with Crippen molar-refractivity contribution in [2.24, 2.45) is 0 Å². The van der Waals surface area contributed by atoms with Crippen molar-refractivity contribution in [1.82, 2.24) is 4.98 Å². The van der Waals surface area contributed by atoms with E-state index in [1.807, 2.05) is 31.3 Å². The van der Waals surface area contributed by atoms with Gasteiger partial charge in [-0.25, -0.2) is 0 Å². The van der Waals surface area contributed by atoms with Crippen LogP contribution in [0.3, 0.4) is 0 Å². The largest absolute Gasteiger partial charge is 0.380 e. The van der Waals surface area contributed by atoms with E-state index in [-0.39, 0.29) is 6.04 Å². The highest BCUT2D eigenvalue weighted by molar-refractivity contribution is 5.87. The quantitative estimate of drug-likeness (QED) is 0.745. The van der Waals surface area contributed by atoms with E-state index in [1.54, 1.807) is 0 Å². The minimum atomic E-state index is -0.520. The van der Waals surface area contributed by atoms with Gasteiger partial charge < -0.3 is 15.7 Å². The second-order valence-electron chi connectivity index (χ2n) is 5.36. The van der Waals surface area contributed by atoms with Crippen LogP contribution in [-0.4, -0.2) is 22.4 Å². The summed E-state index contributed by atoms with van der Waals surface area (Å²) in [5, 5.41) is 16.6. The van der Waals surface area contributed by atoms with Gasteiger partial charge in [0.25, 0.3) is 0 Å². The Kier molecular flexibility index (Phi) is 3.32. The summed E-state index contributed by atoms with van der Waals surface area (Å²) < 4.78 is 0. The van der Waals surface area contributed by atoms with Crippen molar-refractivity contribution in [3.8, 4) is 11.1 Å². The Morgan fingerprint density at radius 3 is 2.90 bits per heavy atom. The van der Waals surface area contributed by atoms with E-state index in [4.69, 9.17) is 0 Å². The van der Waals surface area contributed by atoms with Gasteiger partial charge in [0.2, 0.25) is 0 Å². The molecule has 0 saturated carbocycles. The van der Waals surface area contributed by atoms with Crippen LogP contribution in [0.2, 0.25) is 0 Å². The predicted octanol–water partition coefficient (Wildman–Crippen LogP) is 2.99. The first-order chi connectivity index (χ1) is 9.63. The lowest BCUT2D eigenvalue weighted by Crippen LogP contribution is -2.23. The molecular weight excluding hydrogens is 250 g/mol. The lowest BCUT2D eigenvalue weighted by atomic mass is 10.0. The summed E-state index contributed by atoms with van der Waals surface area (Å²) in [7, 11) is 0. The molecule has 20 heavy (non-hydrogen) atoms. The number of hydrogen-bond donors (Lipinski definition) is 3. The van der Waals surface area contributed by atoms with Crippen molar-refractivity contribution >= 4 is 11.4 Å². The fourth-order valence-electron chi connectivity index (χ4n) is 2.66. The molecule has 2 aromatic rings. The van der Waals surface area contributed by atoms with Crippen LogP contribution >= 0.6 is 0 Å². The highest BCUT2D eigenvalue weighted by Crippen LogP contribution is 2.37. The van der Waals surface area contributed by atoms with Gasteiger partial charge in [0.05, 0.1) is 11.4 Å². The number of nitrogens with one attached hydrogen (secondary N) is 2. The van der Waals surface area contributed by atoms with Crippen molar-refractivity contribution in [3.63, 3.8) is 0 Å². The van der Waals surface area contributed by atoms with Crippen LogP contribution in [0.1, 0.15) is 19.0 Å². The molecule has 0 fully saturated rings. The smallest absolute Gasteiger partial charge is 0.126 e. The van der Waals surface area contributed by atoms with Crippen molar-refractivity contribution in [2.75, 3.05) is 10.6 Å². The molecule has 1 unspecified atom stereocenters. The third kappa shape index (κ3) is 2.47. The van der Waals surface area contributed by atoms with Crippen LogP contribution in [0, 0.1) is 6.92 Å². The molecule has 1 aliphatic heterocycles. The summed E-state index contributed by atoms with van der Waals surface area (Å²) >= 11 is 0. The Morgan fingerprint density at radius 1 is 1.25 bits per heavy atom. The van der Waals surface area contributed by atoms with Crippen molar-refractivity contribution < 1.29 is 5.11 Å². The number of aryl methyl sites for hydroxylation is 1. The number of pyridine rings is 1. The van der Waals surface area contributed by atoms with Crippen LogP contribution in [0.5, 0.6) is 0 Å². The van der Waals surface area contributed by atoms with Gasteiger partial charge in [-0.15, -0.1) is 0 Å². The first-order valence-corrected chi connectivity index (χ1v) is 6.90. The van der Waals surface area contributed by atoms with Crippen LogP contribution in [-0.2, 0) is 0 Å². The molecule has 1 aromatic carbocycles. The van der Waals surface area contributed by atoms with Gasteiger partial charge in [-0.05, 0) is 37.6 Å². The fourth-order valence-corrected chi connectivity index (χ4v) is 2.66. The molecule has 2 atom stereocenters. The van der Waals surface area contributed by atoms with E-state index in [9.17, 15) is 5.11 Å². The number of aromatic nitrogens is 1. The highest BCUT2D eigenvalue weighted by atomic mass is 16.3. The van der Waals surface area contributed by atoms with E-state index < -0.39 is 6.23 Å². The zero-order chi connectivity index (χ0) is 14.1. The zero-order valence-corrected chi connectivity index (χ0v) is 11.7. The number of anilines is 2. The molecule has 0 spiro atoms. The van der Waals surface area contributed by atoms with Crippen LogP contribution in [0.4, 0.5) is 11.4 Å². The fraction of sp³-hybridized carbons (Fsp3) is 0.312. The van der Waals surface area contributed by atoms with Gasteiger partial charge in [0.15, 0.2) is 0 Å². The Morgan fingerprint density at radius 2 is 2.10 bits per heavy atom. The summed E-state index contributed by atoms with van der Waals surface area (Å²) in [5.41, 5.74) is 5.24. The monoisotopic (exact) mass is 269 g/mol. The minimum absolute atomic E-state index is 0.211. The number of hydrogen-bond acceptors (Lipinski definition) is 4. The number of para-hydroxylation sites is 1. The number of aliphatic hydroxyl groups is 1. The number of nitrogens with zero attached hydrogens (tertiary/aromatic N) is 1. The van der Waals surface area contributed by atoms with Gasteiger partial charge in [-0.1, -0.05) is 12.1 Å². The van der Waals surface area contributed by atoms with E-state index in [0.717, 1.165) is 28.2 Å². The van der Waals surface area contributed by atoms with Gasteiger partial charge in [-0.3, -0.25) is 4.98 Å². The molecule has 0 radical (unpaired) electrons. The Hall–Kier alpha value is -2.07. The van der Waals surface area contributed by atoms with Crippen LogP contribution in [0.15, 0.2) is 36.5 Å². The predicted molar refractivity (Wildman–Crippen MR) is 81.7 cm³/mol. The molecule has 0 bridgehead atoms. The molecule has 4 heteroatoms. The molecule has 3 rings (SSSR count). The average Bonchev–Trinajstić information content (AvgIpc) is 2.54. The first kappa shape index (κ1) is 12.9. The number of fused-ring (bicyclic) bond motifs is 1. The molecule has 4 nitrogen and oxygen atoms in total. The maximum absolute atomic E-state index is 9.95. The Balaban J connectivity index is 2.12. The summed E-state index contributed by atoms with van der Waals surface area (Å²) in [5.74, 6) is 0. The van der Waals surface area contributed by atoms with Crippen molar-refractivity contribution in [3.05, 3.63) is 42.2 Å². The second-order valence-corrected chi connectivity index (χ2v) is 5.36. The molecule has 0 aliphatic carbocycles. The standard InChI is InChI=1S/C16H19N3O/c1-10-8-12(6-7-17-10)13-4-3-5-14-16(13)18-11(2)9-15(20)19-14/h3-8,11,15,18-20H,9H2,1-2H3/t11-,15?/m1/s1. The van der Waals surface area contributed by atoms with Gasteiger partial charge in [-0.2, -0.15) is 0 Å². The van der Waals surface area contributed by atoms with Gasteiger partial charge in [0, 0.05) is 29.9 Å². The molecule has 104 valence electrons. The molecule has 3 N–H and O–H groups in total. The first-order valence-electron chi connectivity index (χ1n) is 6.90. The topological polar surface area (TPSA) is 57.2 Å². The van der Waals surface area contributed by atoms with Crippen LogP contribution in [0.25, 0.3) is 11.1 Å². The molecule has 1 aromatic heterocycles. The SMILES string of the molecule is Cc1cc(-c2cccc3c2N[C@H](C)CC(O)N3)ccn1. The van der Waals surface area contributed by atoms with E-state index in [1.165, 1.54) is 0 Å². The molecule has 1 aliphatic rings. The summed E-state index contributed by atoms with van der Waals surface area (Å²) in [6.45, 7) is 4.07. The van der Waals surface area contributed by atoms with Gasteiger partial charge >= 0.3 is 0 Å². The third-order valence-corrected chi connectivity index (χ3v) is 3.56. The Labute approximate surface area is 118 Å². The number of rotatable bonds is 1. The summed E-state index contributed by atoms with van der Waals surface area (Å²) in [6.07, 6.45) is 1.98. The van der Waals surface area contributed by atoms with E-state index in [2.05, 4.69) is 34.7 Å². The lowest BCUT2D eigenvalue weighted by molar-refractivity contribution is 0.190. The summed E-state index contributed by atoms with van der Waals surface area (Å²) in [4.78, 5) is 4.25. The molecule has 0 saturated heterocycles. The lowest BCUT2D eigenvalue weighted by Gasteiger charge is -2.17. The molecule has 2 heterocycles. The Bertz CT molecular complexity index is 627. The maximum atomic E-state index is 9.95. The molecule has 0 amide bonds. The maximum Gasteiger partial charge on any atom is 0.126 e. The van der Waals surface area contributed by atoms with Crippen molar-refractivity contribution in [2.45, 2.75) is 32.5 Å². The minimum Gasteiger partial charge on any atom is -0.380 e. The normalized spacial score (nSPS) is 21.4. The number of benzene rings is 1. The highest BCUT2D eigenvalue weighted by Gasteiger charge is 2.20. The summed E-state index contributed by atoms with van der Waals surface area (Å²) in [6, 6.07) is 10.4. The van der Waals surface area contributed by atoms with E-state index in [0.29, 0.717) is 6.42 Å². The van der Waals surface area contributed by atoms with Crippen LogP contribution < -0.4 is 10.6 Å². The second kappa shape index (κ2) is 5.13. The van der Waals surface area contributed by atoms with Gasteiger partial charge in [0.1, 0.15) is 6.23 Å².